The molecule has 0 fully saturated rings. The predicted molar refractivity (Wildman–Crippen MR) is 58.9 cm³/mol. The van der Waals surface area contributed by atoms with Crippen LogP contribution in [0.25, 0.3) is 0 Å². The van der Waals surface area contributed by atoms with Crippen LogP contribution in [0.2, 0.25) is 0 Å². The molecule has 0 amide bonds. The van der Waals surface area contributed by atoms with Gasteiger partial charge in [-0.3, -0.25) is 0 Å². The van der Waals surface area contributed by atoms with E-state index in [9.17, 15) is 4.79 Å². The molecule has 0 aromatic heterocycles. The number of alkyl halides is 4. The molecule has 17 heavy (non-hydrogen) atoms. The number of rotatable bonds is 5. The molecular weight excluding hydrogens is 446 g/mol. The van der Waals surface area contributed by atoms with Crippen LogP contribution in [0.15, 0.2) is 24.3 Å². The molecule has 1 aromatic carbocycles. The first-order valence-electron chi connectivity index (χ1n) is 4.97. The van der Waals surface area contributed by atoms with Crippen molar-refractivity contribution in [3.05, 3.63) is 24.3 Å². The van der Waals surface area contributed by atoms with E-state index in [1.807, 2.05) is 6.92 Å². The first-order valence-corrected chi connectivity index (χ1v) is 11.9. The Labute approximate surface area is 122 Å². The number of halogens is 2. The van der Waals surface area contributed by atoms with E-state index in [0.29, 0.717) is 5.75 Å². The SMILES string of the molecule is C[I-]CC(C)([I-]C)C(=O)Oc1ccc(O)cc1. The molecule has 1 aromatic rings. The molecule has 0 aliphatic carbocycles. The molecule has 0 radical (unpaired) electrons. The van der Waals surface area contributed by atoms with Gasteiger partial charge in [0.05, 0.1) is 0 Å². The number of ether oxygens (including phenoxy) is 1. The molecule has 0 saturated heterocycles. The summed E-state index contributed by atoms with van der Waals surface area (Å²) >= 11 is -0.107. The van der Waals surface area contributed by atoms with Gasteiger partial charge in [0.2, 0.25) is 0 Å². The molecule has 1 N–H and O–H groups in total. The second-order valence-electron chi connectivity index (χ2n) is 3.67. The van der Waals surface area contributed by atoms with Crippen LogP contribution >= 0.6 is 0 Å². The second-order valence-corrected chi connectivity index (χ2v) is 9.42. The minimum absolute atomic E-state index is 0.0829. The van der Waals surface area contributed by atoms with E-state index in [1.165, 1.54) is 12.1 Å². The maximum atomic E-state index is 12.1. The van der Waals surface area contributed by atoms with E-state index in [1.54, 1.807) is 12.1 Å². The Balaban J connectivity index is 2.73. The van der Waals surface area contributed by atoms with Crippen molar-refractivity contribution in [2.24, 2.45) is 0 Å². The maximum absolute atomic E-state index is 12.1. The zero-order chi connectivity index (χ0) is 12.9. The first-order chi connectivity index (χ1) is 8.01. The summed E-state index contributed by atoms with van der Waals surface area (Å²) in [7, 11) is 0. The average molecular weight is 462 g/mol. The summed E-state index contributed by atoms with van der Waals surface area (Å²) in [4.78, 5) is 16.4. The van der Waals surface area contributed by atoms with Gasteiger partial charge in [-0.15, -0.1) is 0 Å². The summed E-state index contributed by atoms with van der Waals surface area (Å²) in [5.41, 5.74) is 0. The minimum atomic E-state index is -0.265. The van der Waals surface area contributed by atoms with Gasteiger partial charge >= 0.3 is 123 Å². The summed E-state index contributed by atoms with van der Waals surface area (Å²) in [5.74, 6) is 0.556. The zero-order valence-corrected chi connectivity index (χ0v) is 14.4. The fourth-order valence-corrected chi connectivity index (χ4v) is 7.61. The van der Waals surface area contributed by atoms with Crippen LogP contribution in [-0.4, -0.2) is 28.8 Å². The van der Waals surface area contributed by atoms with E-state index < -0.39 is 0 Å². The number of phenolic OH excluding ortho intramolecular Hbond substituents is 1. The topological polar surface area (TPSA) is 46.5 Å². The number of hydrogen-bond donors (Lipinski definition) is 1. The van der Waals surface area contributed by atoms with Gasteiger partial charge in [-0.25, -0.2) is 0 Å². The van der Waals surface area contributed by atoms with Gasteiger partial charge in [0.25, 0.3) is 0 Å². The van der Waals surface area contributed by atoms with E-state index in [4.69, 9.17) is 9.84 Å². The number of carbonyl (C=O) groups excluding carboxylic acids is 1. The zero-order valence-electron chi connectivity index (χ0n) is 10.0. The third-order valence-corrected chi connectivity index (χ3v) is 9.23. The molecule has 1 atom stereocenters. The van der Waals surface area contributed by atoms with Crippen LogP contribution in [0.4, 0.5) is 0 Å². The van der Waals surface area contributed by atoms with Crippen molar-refractivity contribution in [1.29, 1.82) is 0 Å². The number of esters is 1. The number of aromatic hydroxyl groups is 1. The molecule has 0 bridgehead atoms. The summed E-state index contributed by atoms with van der Waals surface area (Å²) < 4.78 is 6.09. The molecule has 3 nitrogen and oxygen atoms in total. The fourth-order valence-electron chi connectivity index (χ4n) is 1.16. The predicted octanol–water partition coefficient (Wildman–Crippen LogP) is -4.51. The van der Waals surface area contributed by atoms with Crippen LogP contribution in [0.3, 0.4) is 0 Å². The van der Waals surface area contributed by atoms with E-state index in [-0.39, 0.29) is 57.6 Å². The van der Waals surface area contributed by atoms with Gasteiger partial charge in [-0.1, -0.05) is 0 Å². The van der Waals surface area contributed by atoms with Crippen LogP contribution in [0, 0.1) is 0 Å². The number of carbonyl (C=O) groups is 1. The second kappa shape index (κ2) is 6.77. The normalized spacial score (nSPS) is 14.5. The molecule has 0 heterocycles. The van der Waals surface area contributed by atoms with Crippen LogP contribution < -0.4 is 47.1 Å². The van der Waals surface area contributed by atoms with Gasteiger partial charge in [0, 0.05) is 0 Å². The number of hydrogen-bond acceptors (Lipinski definition) is 3. The molecule has 5 heteroatoms. The van der Waals surface area contributed by atoms with Gasteiger partial charge in [-0.2, -0.15) is 0 Å². The first kappa shape index (κ1) is 15.0. The van der Waals surface area contributed by atoms with E-state index in [0.717, 1.165) is 4.43 Å². The fraction of sp³-hybridized carbons (Fsp3) is 0.417. The van der Waals surface area contributed by atoms with Gasteiger partial charge < -0.3 is 0 Å². The molecule has 0 aliphatic rings. The van der Waals surface area contributed by atoms with Crippen molar-refractivity contribution in [3.63, 3.8) is 0 Å². The quantitative estimate of drug-likeness (QED) is 0.208. The average Bonchev–Trinajstić information content (AvgIpc) is 2.32. The van der Waals surface area contributed by atoms with Crippen LogP contribution in [-0.2, 0) is 4.79 Å². The summed E-state index contributed by atoms with van der Waals surface area (Å²) in [6.07, 6.45) is 0. The van der Waals surface area contributed by atoms with Crippen molar-refractivity contribution in [3.8, 4) is 11.5 Å². The van der Waals surface area contributed by atoms with Gasteiger partial charge in [-0.05, 0) is 0 Å². The standard InChI is InChI=1S/C12H16I2O3/c1-12(14-3,8-13-2)11(16)17-10-6-4-9(15)5-7-10/h4-7,15H,8H2,1-3H3/q-2. The van der Waals surface area contributed by atoms with Gasteiger partial charge in [0.1, 0.15) is 0 Å². The summed E-state index contributed by atoms with van der Waals surface area (Å²) in [6.45, 7) is 2.01. The van der Waals surface area contributed by atoms with Gasteiger partial charge in [0.15, 0.2) is 0 Å². The number of phenols is 1. The Morgan fingerprint density at radius 2 is 1.94 bits per heavy atom. The number of benzene rings is 1. The Morgan fingerprint density at radius 1 is 1.35 bits per heavy atom. The molecule has 0 aliphatic heterocycles. The van der Waals surface area contributed by atoms with Crippen LogP contribution in [0.5, 0.6) is 11.5 Å². The molecule has 0 spiro atoms. The van der Waals surface area contributed by atoms with Crippen molar-refractivity contribution in [1.82, 2.24) is 0 Å². The van der Waals surface area contributed by atoms with Crippen molar-refractivity contribution >= 4 is 5.97 Å². The summed E-state index contributed by atoms with van der Waals surface area (Å²) in [6, 6.07) is 6.27. The Kier molecular flexibility index (Phi) is 5.98. The monoisotopic (exact) mass is 462 g/mol. The Morgan fingerprint density at radius 3 is 2.41 bits per heavy atom. The van der Waals surface area contributed by atoms with E-state index in [2.05, 4.69) is 9.86 Å². The third-order valence-electron chi connectivity index (χ3n) is 2.27. The summed E-state index contributed by atoms with van der Waals surface area (Å²) in [5, 5.41) is 9.15. The van der Waals surface area contributed by atoms with E-state index >= 15 is 0 Å². The molecule has 98 valence electrons. The third kappa shape index (κ3) is 4.27. The van der Waals surface area contributed by atoms with Crippen molar-refractivity contribution < 1.29 is 57.0 Å². The van der Waals surface area contributed by atoms with Crippen molar-refractivity contribution in [2.75, 3.05) is 14.3 Å². The van der Waals surface area contributed by atoms with Crippen LogP contribution in [0.1, 0.15) is 6.92 Å². The molecule has 0 saturated carbocycles. The Bertz CT molecular complexity index is 378. The molecule has 1 rings (SSSR count). The molecule has 1 unspecified atom stereocenters. The Hall–Kier alpha value is -0.0500. The van der Waals surface area contributed by atoms with Crippen molar-refractivity contribution in [2.45, 2.75) is 10.3 Å². The molecular formula is C12H16I2O3-2.